The van der Waals surface area contributed by atoms with E-state index in [0.717, 1.165) is 10.6 Å². The number of hydrogen-bond donors (Lipinski definition) is 1. The molecule has 1 aromatic heterocycles. The van der Waals surface area contributed by atoms with Crippen LogP contribution in [0.4, 0.5) is 0 Å². The summed E-state index contributed by atoms with van der Waals surface area (Å²) in [6.07, 6.45) is 1.56. The Kier molecular flexibility index (Phi) is 3.10. The predicted molar refractivity (Wildman–Crippen MR) is 48.0 cm³/mol. The van der Waals surface area contributed by atoms with E-state index >= 15 is 0 Å². The Balaban J connectivity index is 2.88. The average Bonchev–Trinajstić information content (AvgIpc) is 2.05. The van der Waals surface area contributed by atoms with Crippen molar-refractivity contribution < 1.29 is 4.79 Å². The summed E-state index contributed by atoms with van der Waals surface area (Å²) in [5, 5.41) is 0. The molecule has 2 N–H and O–H groups in total. The number of pyridine rings is 1. The molecule has 4 heteroatoms. The quantitative estimate of drug-likeness (QED) is 0.710. The van der Waals surface area contributed by atoms with Gasteiger partial charge < -0.3 is 5.73 Å². The van der Waals surface area contributed by atoms with Gasteiger partial charge in [0.1, 0.15) is 5.69 Å². The number of aromatic nitrogens is 1. The molecule has 0 unspecified atom stereocenters. The van der Waals surface area contributed by atoms with Gasteiger partial charge in [0.15, 0.2) is 0 Å². The van der Waals surface area contributed by atoms with Crippen molar-refractivity contribution in [2.75, 3.05) is 5.75 Å². The fourth-order valence-corrected chi connectivity index (χ4v) is 1.37. The van der Waals surface area contributed by atoms with Gasteiger partial charge in [0.05, 0.1) is 0 Å². The van der Waals surface area contributed by atoms with Crippen molar-refractivity contribution in [2.45, 2.75) is 11.8 Å². The summed E-state index contributed by atoms with van der Waals surface area (Å²) in [5.74, 6) is 0.409. The van der Waals surface area contributed by atoms with Crippen molar-refractivity contribution in [1.29, 1.82) is 0 Å². The zero-order valence-electron chi connectivity index (χ0n) is 6.70. The van der Waals surface area contributed by atoms with Crippen molar-refractivity contribution in [3.8, 4) is 0 Å². The first-order valence-electron chi connectivity index (χ1n) is 3.55. The molecule has 3 nitrogen and oxygen atoms in total. The standard InChI is InChI=1S/C8H9N2OS/c1-2-12-6-3-4-10-7(5-6)8(9)11/h3-4H,2H2,1H3,(H2,9,11). The normalized spacial score (nSPS) is 9.75. The highest BCUT2D eigenvalue weighted by Gasteiger charge is 2.02. The van der Waals surface area contributed by atoms with Gasteiger partial charge in [0, 0.05) is 17.2 Å². The molecule has 1 radical (unpaired) electrons. The second-order valence-corrected chi connectivity index (χ2v) is 3.39. The van der Waals surface area contributed by atoms with Gasteiger partial charge in [0.2, 0.25) is 0 Å². The molecule has 12 heavy (non-hydrogen) atoms. The molecule has 0 spiro atoms. The molecule has 0 atom stereocenters. The van der Waals surface area contributed by atoms with E-state index in [-0.39, 0.29) is 5.69 Å². The van der Waals surface area contributed by atoms with Crippen molar-refractivity contribution in [1.82, 2.24) is 4.98 Å². The maximum Gasteiger partial charge on any atom is 0.267 e. The highest BCUT2D eigenvalue weighted by atomic mass is 32.2. The number of rotatable bonds is 3. The summed E-state index contributed by atoms with van der Waals surface area (Å²) in [4.78, 5) is 15.4. The second kappa shape index (κ2) is 4.11. The molecule has 1 rings (SSSR count). The molecule has 1 aromatic rings. The summed E-state index contributed by atoms with van der Waals surface area (Å²) in [7, 11) is 0. The fraction of sp³-hybridized carbons (Fsp3) is 0.250. The summed E-state index contributed by atoms with van der Waals surface area (Å²) in [6.45, 7) is 2.03. The van der Waals surface area contributed by atoms with Crippen molar-refractivity contribution in [2.24, 2.45) is 5.73 Å². The minimum atomic E-state index is -0.534. The molecular formula is C8H9N2OS. The van der Waals surface area contributed by atoms with Crippen LogP contribution in [-0.4, -0.2) is 16.6 Å². The summed E-state index contributed by atoms with van der Waals surface area (Å²) < 4.78 is 0. The molecule has 1 amide bonds. The Morgan fingerprint density at radius 3 is 3.17 bits per heavy atom. The number of hydrogen-bond acceptors (Lipinski definition) is 3. The Morgan fingerprint density at radius 1 is 1.83 bits per heavy atom. The van der Waals surface area contributed by atoms with Crippen LogP contribution in [-0.2, 0) is 0 Å². The lowest BCUT2D eigenvalue weighted by Crippen LogP contribution is -2.12. The maximum atomic E-state index is 10.7. The molecule has 0 saturated carbocycles. The summed E-state index contributed by atoms with van der Waals surface area (Å²) in [5.41, 5.74) is 5.24. The molecular weight excluding hydrogens is 172 g/mol. The van der Waals surface area contributed by atoms with E-state index < -0.39 is 5.91 Å². The van der Waals surface area contributed by atoms with Gasteiger partial charge in [-0.2, -0.15) is 0 Å². The molecule has 63 valence electrons. The smallest absolute Gasteiger partial charge is 0.267 e. The van der Waals surface area contributed by atoms with Gasteiger partial charge in [-0.3, -0.25) is 9.78 Å². The van der Waals surface area contributed by atoms with Crippen molar-refractivity contribution in [3.63, 3.8) is 0 Å². The first-order valence-corrected chi connectivity index (χ1v) is 4.53. The molecule has 0 aliphatic rings. The highest BCUT2D eigenvalue weighted by Crippen LogP contribution is 2.15. The van der Waals surface area contributed by atoms with Gasteiger partial charge in [0.25, 0.3) is 5.91 Å². The first-order chi connectivity index (χ1) is 5.74. The van der Waals surface area contributed by atoms with Crippen LogP contribution in [0.3, 0.4) is 0 Å². The van der Waals surface area contributed by atoms with E-state index in [0.29, 0.717) is 0 Å². The fourth-order valence-electron chi connectivity index (χ4n) is 0.735. The van der Waals surface area contributed by atoms with Crippen LogP contribution in [0.1, 0.15) is 17.4 Å². The zero-order valence-corrected chi connectivity index (χ0v) is 7.52. The van der Waals surface area contributed by atoms with Gasteiger partial charge in [-0.05, 0) is 11.8 Å². The number of carbonyl (C=O) groups excluding carboxylic acids is 1. The number of carbonyl (C=O) groups is 1. The molecule has 0 aliphatic carbocycles. The number of nitrogens with two attached hydrogens (primary N) is 1. The lowest BCUT2D eigenvalue weighted by molar-refractivity contribution is 0.0995. The third-order valence-corrected chi connectivity index (χ3v) is 2.04. The van der Waals surface area contributed by atoms with Crippen LogP contribution in [0.2, 0.25) is 0 Å². The SMILES string of the molecule is CCSc1[c]c(C(N)=O)ncc1. The van der Waals surface area contributed by atoms with Crippen LogP contribution in [0.5, 0.6) is 0 Å². The maximum absolute atomic E-state index is 10.7. The lowest BCUT2D eigenvalue weighted by Gasteiger charge is -1.97. The lowest BCUT2D eigenvalue weighted by atomic mass is 10.3. The Labute approximate surface area is 75.4 Å². The average molecular weight is 181 g/mol. The monoisotopic (exact) mass is 181 g/mol. The molecule has 0 aromatic carbocycles. The zero-order chi connectivity index (χ0) is 8.97. The Hall–Kier alpha value is -1.03. The van der Waals surface area contributed by atoms with Crippen molar-refractivity contribution >= 4 is 17.7 Å². The molecule has 0 fully saturated rings. The topological polar surface area (TPSA) is 56.0 Å². The number of amides is 1. The third-order valence-electron chi connectivity index (χ3n) is 1.20. The van der Waals surface area contributed by atoms with Gasteiger partial charge in [-0.15, -0.1) is 11.8 Å². The largest absolute Gasteiger partial charge is 0.364 e. The van der Waals surface area contributed by atoms with Crippen LogP contribution in [0, 0.1) is 6.07 Å². The van der Waals surface area contributed by atoms with Crippen molar-refractivity contribution in [3.05, 3.63) is 24.0 Å². The Bertz CT molecular complexity index is 288. The van der Waals surface area contributed by atoms with Gasteiger partial charge >= 0.3 is 0 Å². The van der Waals surface area contributed by atoms with Crippen LogP contribution >= 0.6 is 11.8 Å². The van der Waals surface area contributed by atoms with Crippen LogP contribution < -0.4 is 5.73 Å². The van der Waals surface area contributed by atoms with E-state index in [9.17, 15) is 4.79 Å². The van der Waals surface area contributed by atoms with E-state index in [1.54, 1.807) is 24.0 Å². The molecule has 0 saturated heterocycles. The van der Waals surface area contributed by atoms with E-state index in [1.165, 1.54) is 0 Å². The summed E-state index contributed by atoms with van der Waals surface area (Å²) >= 11 is 1.60. The Morgan fingerprint density at radius 2 is 2.58 bits per heavy atom. The minimum absolute atomic E-state index is 0.202. The number of nitrogens with zero attached hydrogens (tertiary/aromatic N) is 1. The van der Waals surface area contributed by atoms with Gasteiger partial charge in [-0.1, -0.05) is 6.92 Å². The number of thioether (sulfide) groups is 1. The molecule has 1 heterocycles. The van der Waals surface area contributed by atoms with Gasteiger partial charge in [-0.25, -0.2) is 0 Å². The highest BCUT2D eigenvalue weighted by molar-refractivity contribution is 7.99. The predicted octanol–water partition coefficient (Wildman–Crippen LogP) is 1.09. The summed E-state index contributed by atoms with van der Waals surface area (Å²) in [6, 6.07) is 4.63. The third kappa shape index (κ3) is 2.23. The van der Waals surface area contributed by atoms with E-state index in [2.05, 4.69) is 11.1 Å². The first kappa shape index (κ1) is 9.06. The second-order valence-electron chi connectivity index (χ2n) is 2.08. The minimum Gasteiger partial charge on any atom is -0.364 e. The van der Waals surface area contributed by atoms with Crippen LogP contribution in [0.25, 0.3) is 0 Å². The van der Waals surface area contributed by atoms with E-state index in [1.807, 2.05) is 6.92 Å². The molecule has 0 aliphatic heterocycles. The van der Waals surface area contributed by atoms with E-state index in [4.69, 9.17) is 5.73 Å². The van der Waals surface area contributed by atoms with Crippen LogP contribution in [0.15, 0.2) is 17.2 Å². The number of primary amides is 1. The molecule has 0 bridgehead atoms.